The largest absolute Gasteiger partial charge is 0.340 e. The van der Waals surface area contributed by atoms with Crippen LogP contribution in [0.15, 0.2) is 18.2 Å². The molecule has 0 spiro atoms. The van der Waals surface area contributed by atoms with E-state index in [9.17, 15) is 18.4 Å². The van der Waals surface area contributed by atoms with E-state index >= 15 is 0 Å². The van der Waals surface area contributed by atoms with Crippen molar-refractivity contribution in [3.63, 3.8) is 0 Å². The summed E-state index contributed by atoms with van der Waals surface area (Å²) in [5, 5.41) is 0. The second-order valence-electron chi connectivity index (χ2n) is 5.76. The molecule has 1 aromatic carbocycles. The maximum absolute atomic E-state index is 13.3. The van der Waals surface area contributed by atoms with Crippen LogP contribution in [-0.2, 0) is 9.59 Å². The number of anilines is 1. The molecule has 2 unspecified atom stereocenters. The summed E-state index contributed by atoms with van der Waals surface area (Å²) in [6, 6.07) is 3.26. The molecule has 2 amide bonds. The molecule has 2 heterocycles. The van der Waals surface area contributed by atoms with Crippen molar-refractivity contribution in [3.05, 3.63) is 29.8 Å². The van der Waals surface area contributed by atoms with Gasteiger partial charge in [-0.2, -0.15) is 0 Å². The smallest absolute Gasteiger partial charge is 0.239 e. The van der Waals surface area contributed by atoms with Crippen LogP contribution in [0.1, 0.15) is 12.8 Å². The third-order valence-corrected chi connectivity index (χ3v) is 4.25. The monoisotopic (exact) mass is 309 g/mol. The molecule has 22 heavy (non-hydrogen) atoms. The van der Waals surface area contributed by atoms with Crippen LogP contribution >= 0.6 is 0 Å². The highest BCUT2D eigenvalue weighted by molar-refractivity contribution is 6.09. The predicted octanol–water partition coefficient (Wildman–Crippen LogP) is 0.877. The van der Waals surface area contributed by atoms with E-state index in [4.69, 9.17) is 5.73 Å². The van der Waals surface area contributed by atoms with Crippen LogP contribution in [0.4, 0.5) is 14.5 Å². The summed E-state index contributed by atoms with van der Waals surface area (Å²) < 4.78 is 26.3. The number of hydrogen-bond acceptors (Lipinski definition) is 3. The van der Waals surface area contributed by atoms with Gasteiger partial charge in [-0.05, 0) is 25.0 Å². The quantitative estimate of drug-likeness (QED) is 0.825. The van der Waals surface area contributed by atoms with Crippen LogP contribution in [0, 0.1) is 17.6 Å². The molecule has 118 valence electrons. The molecule has 2 saturated heterocycles. The predicted molar refractivity (Wildman–Crippen MR) is 76.0 cm³/mol. The van der Waals surface area contributed by atoms with E-state index in [2.05, 4.69) is 0 Å². The highest BCUT2D eigenvalue weighted by Gasteiger charge is 2.41. The van der Waals surface area contributed by atoms with Crippen molar-refractivity contribution < 1.29 is 18.4 Å². The molecule has 2 aliphatic heterocycles. The molecule has 2 N–H and O–H groups in total. The van der Waals surface area contributed by atoms with Gasteiger partial charge in [0, 0.05) is 37.4 Å². The SMILES string of the molecule is NC1CCN(C(=O)C2CCN(c3ccc(F)c(F)c3)C2=O)C1. The standard InChI is InChI=1S/C15H17F2N3O2/c16-12-2-1-10(7-13(12)17)20-6-4-11(15(20)22)14(21)19-5-3-9(18)8-19/h1-2,7,9,11H,3-6,8,18H2. The number of benzene rings is 1. The van der Waals surface area contributed by atoms with E-state index in [1.54, 1.807) is 4.90 Å². The number of likely N-dealkylation sites (tertiary alicyclic amines) is 1. The maximum atomic E-state index is 13.3. The van der Waals surface area contributed by atoms with Crippen LogP contribution in [0.5, 0.6) is 0 Å². The Labute approximate surface area is 126 Å². The van der Waals surface area contributed by atoms with Gasteiger partial charge in [0.25, 0.3) is 0 Å². The first kappa shape index (κ1) is 14.9. The Morgan fingerprint density at radius 3 is 2.59 bits per heavy atom. The van der Waals surface area contributed by atoms with Gasteiger partial charge in [-0.25, -0.2) is 8.78 Å². The van der Waals surface area contributed by atoms with Crippen molar-refractivity contribution in [1.82, 2.24) is 4.90 Å². The summed E-state index contributed by atoms with van der Waals surface area (Å²) in [6.07, 6.45) is 1.11. The van der Waals surface area contributed by atoms with Crippen LogP contribution in [0.2, 0.25) is 0 Å². The highest BCUT2D eigenvalue weighted by Crippen LogP contribution is 2.28. The maximum Gasteiger partial charge on any atom is 0.239 e. The zero-order chi connectivity index (χ0) is 15.9. The molecule has 0 aromatic heterocycles. The topological polar surface area (TPSA) is 66.6 Å². The molecular weight excluding hydrogens is 292 g/mol. The average molecular weight is 309 g/mol. The summed E-state index contributed by atoms with van der Waals surface area (Å²) in [4.78, 5) is 27.8. The fraction of sp³-hybridized carbons (Fsp3) is 0.467. The number of hydrogen-bond donors (Lipinski definition) is 1. The molecule has 0 aliphatic carbocycles. The van der Waals surface area contributed by atoms with Gasteiger partial charge in [0.05, 0.1) is 0 Å². The second-order valence-corrected chi connectivity index (χ2v) is 5.76. The summed E-state index contributed by atoms with van der Waals surface area (Å²) in [5.74, 6) is -3.31. The molecule has 2 fully saturated rings. The van der Waals surface area contributed by atoms with E-state index in [1.165, 1.54) is 11.0 Å². The minimum atomic E-state index is -1.01. The van der Waals surface area contributed by atoms with Gasteiger partial charge in [-0.15, -0.1) is 0 Å². The number of nitrogens with two attached hydrogens (primary N) is 1. The second kappa shape index (κ2) is 5.64. The number of amides is 2. The molecule has 2 aliphatic rings. The molecule has 0 radical (unpaired) electrons. The highest BCUT2D eigenvalue weighted by atomic mass is 19.2. The Bertz CT molecular complexity index is 623. The van der Waals surface area contributed by atoms with Gasteiger partial charge in [-0.3, -0.25) is 9.59 Å². The van der Waals surface area contributed by atoms with Crippen LogP contribution in [0.25, 0.3) is 0 Å². The van der Waals surface area contributed by atoms with E-state index in [0.29, 0.717) is 26.1 Å². The Morgan fingerprint density at radius 2 is 1.95 bits per heavy atom. The lowest BCUT2D eigenvalue weighted by molar-refractivity contribution is -0.139. The van der Waals surface area contributed by atoms with Crippen LogP contribution in [-0.4, -0.2) is 42.4 Å². The molecule has 5 nitrogen and oxygen atoms in total. The molecular formula is C15H17F2N3O2. The fourth-order valence-electron chi connectivity index (χ4n) is 3.03. The van der Waals surface area contributed by atoms with Crippen molar-refractivity contribution in [2.45, 2.75) is 18.9 Å². The summed E-state index contributed by atoms with van der Waals surface area (Å²) >= 11 is 0. The Kier molecular flexibility index (Phi) is 3.82. The van der Waals surface area contributed by atoms with E-state index in [0.717, 1.165) is 18.6 Å². The van der Waals surface area contributed by atoms with Gasteiger partial charge >= 0.3 is 0 Å². The zero-order valence-corrected chi connectivity index (χ0v) is 12.0. The summed E-state index contributed by atoms with van der Waals surface area (Å²) in [6.45, 7) is 1.35. The Hall–Kier alpha value is -2.02. The zero-order valence-electron chi connectivity index (χ0n) is 12.0. The van der Waals surface area contributed by atoms with Crippen molar-refractivity contribution >= 4 is 17.5 Å². The third-order valence-electron chi connectivity index (χ3n) is 4.25. The normalized spacial score (nSPS) is 25.1. The first-order chi connectivity index (χ1) is 10.5. The first-order valence-electron chi connectivity index (χ1n) is 7.28. The van der Waals surface area contributed by atoms with Gasteiger partial charge < -0.3 is 15.5 Å². The van der Waals surface area contributed by atoms with Crippen molar-refractivity contribution in [1.29, 1.82) is 0 Å². The molecule has 3 rings (SSSR count). The van der Waals surface area contributed by atoms with Gasteiger partial charge in [0.2, 0.25) is 11.8 Å². The number of carbonyl (C=O) groups excluding carboxylic acids is 2. The lowest BCUT2D eigenvalue weighted by Gasteiger charge is -2.20. The molecule has 1 aromatic rings. The Balaban J connectivity index is 1.74. The van der Waals surface area contributed by atoms with Gasteiger partial charge in [0.1, 0.15) is 5.92 Å². The van der Waals surface area contributed by atoms with Crippen LogP contribution < -0.4 is 10.6 Å². The number of rotatable bonds is 2. The van der Waals surface area contributed by atoms with Gasteiger partial charge in [-0.1, -0.05) is 0 Å². The Morgan fingerprint density at radius 1 is 1.18 bits per heavy atom. The van der Waals surface area contributed by atoms with Crippen molar-refractivity contribution in [2.75, 3.05) is 24.5 Å². The average Bonchev–Trinajstić information content (AvgIpc) is 3.08. The van der Waals surface area contributed by atoms with Crippen LogP contribution in [0.3, 0.4) is 0 Å². The fourth-order valence-corrected chi connectivity index (χ4v) is 3.03. The minimum Gasteiger partial charge on any atom is -0.340 e. The van der Waals surface area contributed by atoms with E-state index in [1.807, 2.05) is 0 Å². The lowest BCUT2D eigenvalue weighted by Crippen LogP contribution is -2.40. The molecule has 2 atom stereocenters. The number of halogens is 2. The lowest BCUT2D eigenvalue weighted by atomic mass is 10.1. The third kappa shape index (κ3) is 2.56. The van der Waals surface area contributed by atoms with Gasteiger partial charge in [0.15, 0.2) is 11.6 Å². The molecule has 7 heteroatoms. The van der Waals surface area contributed by atoms with Crippen molar-refractivity contribution in [3.8, 4) is 0 Å². The molecule has 0 bridgehead atoms. The van der Waals surface area contributed by atoms with Crippen molar-refractivity contribution in [2.24, 2.45) is 11.7 Å². The first-order valence-corrected chi connectivity index (χ1v) is 7.28. The minimum absolute atomic E-state index is 0.0391. The van der Waals surface area contributed by atoms with E-state index in [-0.39, 0.29) is 23.5 Å². The summed E-state index contributed by atoms with van der Waals surface area (Å²) in [5.41, 5.74) is 6.05. The number of nitrogens with zero attached hydrogens (tertiary/aromatic N) is 2. The molecule has 0 saturated carbocycles. The summed E-state index contributed by atoms with van der Waals surface area (Å²) in [7, 11) is 0. The van der Waals surface area contributed by atoms with E-state index < -0.39 is 17.6 Å². The number of carbonyl (C=O) groups is 2.